The molecule has 36 heavy (non-hydrogen) atoms. The number of aliphatic hydroxyl groups is 2. The molecule has 2 N–H and O–H groups in total. The van der Waals surface area contributed by atoms with Gasteiger partial charge in [-0.2, -0.15) is 0 Å². The Balaban J connectivity index is 2.64. The molecule has 12 heteroatoms. The summed E-state index contributed by atoms with van der Waals surface area (Å²) >= 11 is 0. The quantitative estimate of drug-likeness (QED) is 0.225. The van der Waals surface area contributed by atoms with Crippen molar-refractivity contribution in [1.82, 2.24) is 9.80 Å². The molecule has 204 valence electrons. The van der Waals surface area contributed by atoms with Crippen molar-refractivity contribution in [2.24, 2.45) is 5.41 Å². The van der Waals surface area contributed by atoms with Gasteiger partial charge in [-0.15, -0.1) is 0 Å². The third kappa shape index (κ3) is 13.2. The monoisotopic (exact) mass is 514 g/mol. The average Bonchev–Trinajstić information content (AvgIpc) is 2.85. The minimum absolute atomic E-state index is 0.0153. The molecule has 0 heterocycles. The van der Waals surface area contributed by atoms with Crippen LogP contribution < -0.4 is 0 Å². The SMILES string of the molecule is CN(CCO)CCOC(=O)OCC(C)(COC(=O)OCCN(C)CCO)C(=O)OCc1ccccc1. The average molecular weight is 515 g/mol. The van der Waals surface area contributed by atoms with Gasteiger partial charge in [0, 0.05) is 26.2 Å². The summed E-state index contributed by atoms with van der Waals surface area (Å²) < 4.78 is 25.6. The third-order valence-electron chi connectivity index (χ3n) is 5.07. The maximum Gasteiger partial charge on any atom is 0.508 e. The lowest BCUT2D eigenvalue weighted by molar-refractivity contribution is -0.162. The Labute approximate surface area is 211 Å². The van der Waals surface area contributed by atoms with Gasteiger partial charge in [0.25, 0.3) is 0 Å². The number of hydrogen-bond acceptors (Lipinski definition) is 12. The number of carbonyl (C=O) groups excluding carboxylic acids is 3. The zero-order valence-electron chi connectivity index (χ0n) is 21.2. The Hall–Kier alpha value is -2.93. The summed E-state index contributed by atoms with van der Waals surface area (Å²) in [7, 11) is 3.51. The highest BCUT2D eigenvalue weighted by Crippen LogP contribution is 2.22. The molecule has 12 nitrogen and oxygen atoms in total. The zero-order valence-corrected chi connectivity index (χ0v) is 21.2. The maximum atomic E-state index is 12.9. The molecule has 0 aromatic heterocycles. The number of benzene rings is 1. The Morgan fingerprint density at radius 2 is 1.22 bits per heavy atom. The van der Waals surface area contributed by atoms with Crippen molar-refractivity contribution in [2.45, 2.75) is 13.5 Å². The first-order valence-electron chi connectivity index (χ1n) is 11.6. The molecule has 0 saturated heterocycles. The molecule has 0 spiro atoms. The van der Waals surface area contributed by atoms with Crippen molar-refractivity contribution >= 4 is 18.3 Å². The number of rotatable bonds is 17. The minimum Gasteiger partial charge on any atom is -0.460 e. The number of aliphatic hydroxyl groups excluding tert-OH is 2. The van der Waals surface area contributed by atoms with Gasteiger partial charge < -0.3 is 43.7 Å². The first-order chi connectivity index (χ1) is 17.2. The molecular formula is C24H38N2O10. The van der Waals surface area contributed by atoms with Crippen LogP contribution >= 0.6 is 0 Å². The van der Waals surface area contributed by atoms with E-state index in [-0.39, 0.29) is 33.0 Å². The summed E-state index contributed by atoms with van der Waals surface area (Å²) in [6, 6.07) is 9.01. The van der Waals surface area contributed by atoms with Gasteiger partial charge in [0.1, 0.15) is 38.4 Å². The van der Waals surface area contributed by atoms with Crippen LogP contribution in [0.25, 0.3) is 0 Å². The topological polar surface area (TPSA) is 144 Å². The van der Waals surface area contributed by atoms with Crippen molar-refractivity contribution in [2.75, 3.05) is 79.9 Å². The van der Waals surface area contributed by atoms with Crippen LogP contribution in [0.15, 0.2) is 30.3 Å². The zero-order chi connectivity index (χ0) is 26.8. The van der Waals surface area contributed by atoms with E-state index >= 15 is 0 Å². The lowest BCUT2D eigenvalue weighted by Crippen LogP contribution is -2.40. The molecule has 0 bridgehead atoms. The molecule has 0 unspecified atom stereocenters. The lowest BCUT2D eigenvalue weighted by Gasteiger charge is -2.26. The summed E-state index contributed by atoms with van der Waals surface area (Å²) in [5.41, 5.74) is -0.762. The van der Waals surface area contributed by atoms with Crippen LogP contribution in [0.4, 0.5) is 9.59 Å². The number of ether oxygens (including phenoxy) is 5. The van der Waals surface area contributed by atoms with E-state index in [1.165, 1.54) is 6.92 Å². The summed E-state index contributed by atoms with van der Waals surface area (Å²) in [4.78, 5) is 40.4. The van der Waals surface area contributed by atoms with Crippen LogP contribution in [0.3, 0.4) is 0 Å². The van der Waals surface area contributed by atoms with Crippen LogP contribution in [0.2, 0.25) is 0 Å². The Morgan fingerprint density at radius 3 is 1.67 bits per heavy atom. The molecule has 0 saturated carbocycles. The van der Waals surface area contributed by atoms with E-state index in [1.54, 1.807) is 48.2 Å². The predicted molar refractivity (Wildman–Crippen MR) is 128 cm³/mol. The van der Waals surface area contributed by atoms with Gasteiger partial charge in [0.2, 0.25) is 0 Å². The third-order valence-corrected chi connectivity index (χ3v) is 5.07. The number of likely N-dealkylation sites (N-methyl/N-ethyl adjacent to an activating group) is 2. The fraction of sp³-hybridized carbons (Fsp3) is 0.625. The van der Waals surface area contributed by atoms with Crippen molar-refractivity contribution < 1.29 is 48.3 Å². The number of hydrogen-bond donors (Lipinski definition) is 2. The van der Waals surface area contributed by atoms with Gasteiger partial charge in [-0.3, -0.25) is 4.79 Å². The van der Waals surface area contributed by atoms with Crippen LogP contribution in [-0.2, 0) is 35.1 Å². The van der Waals surface area contributed by atoms with E-state index in [4.69, 9.17) is 33.9 Å². The normalized spacial score (nSPS) is 11.3. The minimum atomic E-state index is -1.52. The van der Waals surface area contributed by atoms with Crippen LogP contribution in [0.5, 0.6) is 0 Å². The molecule has 0 fully saturated rings. The van der Waals surface area contributed by atoms with Gasteiger partial charge in [0.05, 0.1) is 13.2 Å². The predicted octanol–water partition coefficient (Wildman–Crippen LogP) is 0.891. The van der Waals surface area contributed by atoms with Gasteiger partial charge in [-0.1, -0.05) is 30.3 Å². The molecular weight excluding hydrogens is 476 g/mol. The summed E-state index contributed by atoms with van der Waals surface area (Å²) in [6.45, 7) is 2.13. The highest BCUT2D eigenvalue weighted by molar-refractivity contribution is 5.77. The van der Waals surface area contributed by atoms with Gasteiger partial charge in [0.15, 0.2) is 0 Å². The van der Waals surface area contributed by atoms with Crippen LogP contribution in [0, 0.1) is 5.41 Å². The Morgan fingerprint density at radius 1 is 0.750 bits per heavy atom. The van der Waals surface area contributed by atoms with E-state index in [2.05, 4.69) is 0 Å². The second-order valence-corrected chi connectivity index (χ2v) is 8.45. The molecule has 0 atom stereocenters. The first-order valence-corrected chi connectivity index (χ1v) is 11.6. The fourth-order valence-electron chi connectivity index (χ4n) is 2.71. The van der Waals surface area contributed by atoms with Gasteiger partial charge in [-0.05, 0) is 26.6 Å². The molecule has 0 aliphatic carbocycles. The first kappa shape index (κ1) is 31.1. The lowest BCUT2D eigenvalue weighted by atomic mass is 9.93. The smallest absolute Gasteiger partial charge is 0.460 e. The fourth-order valence-corrected chi connectivity index (χ4v) is 2.71. The van der Waals surface area contributed by atoms with E-state index in [1.807, 2.05) is 6.07 Å². The van der Waals surface area contributed by atoms with Crippen molar-refractivity contribution in [1.29, 1.82) is 0 Å². The van der Waals surface area contributed by atoms with Crippen molar-refractivity contribution in [3.63, 3.8) is 0 Å². The van der Waals surface area contributed by atoms with Gasteiger partial charge in [-0.25, -0.2) is 9.59 Å². The summed E-state index contributed by atoms with van der Waals surface area (Å²) in [6.07, 6.45) is -1.99. The van der Waals surface area contributed by atoms with Crippen LogP contribution in [0.1, 0.15) is 12.5 Å². The number of carbonyl (C=O) groups is 3. The largest absolute Gasteiger partial charge is 0.508 e. The molecule has 0 amide bonds. The van der Waals surface area contributed by atoms with Crippen LogP contribution in [-0.4, -0.2) is 118 Å². The second kappa shape index (κ2) is 17.5. The van der Waals surface area contributed by atoms with E-state index in [0.717, 1.165) is 5.56 Å². The number of nitrogens with zero attached hydrogens (tertiary/aromatic N) is 2. The highest BCUT2D eigenvalue weighted by atomic mass is 16.7. The molecule has 0 radical (unpaired) electrons. The summed E-state index contributed by atoms with van der Waals surface area (Å²) in [5.74, 6) is -0.739. The van der Waals surface area contributed by atoms with E-state index in [0.29, 0.717) is 26.2 Å². The Bertz CT molecular complexity index is 743. The van der Waals surface area contributed by atoms with E-state index in [9.17, 15) is 14.4 Å². The second-order valence-electron chi connectivity index (χ2n) is 8.45. The molecule has 0 aliphatic rings. The van der Waals surface area contributed by atoms with Gasteiger partial charge >= 0.3 is 18.3 Å². The molecule has 1 rings (SSSR count). The summed E-state index contributed by atoms with van der Waals surface area (Å²) in [5, 5.41) is 17.8. The van der Waals surface area contributed by atoms with Crippen molar-refractivity contribution in [3.8, 4) is 0 Å². The number of esters is 1. The highest BCUT2D eigenvalue weighted by Gasteiger charge is 2.39. The van der Waals surface area contributed by atoms with Crippen molar-refractivity contribution in [3.05, 3.63) is 35.9 Å². The standard InChI is InChI=1S/C24H38N2O10/c1-24(21(29)34-17-20-7-5-4-6-8-20,18-35-22(30)32-15-11-25(2)9-13-27)19-36-23(31)33-16-12-26(3)10-14-28/h4-8,27-28H,9-19H2,1-3H3. The maximum absolute atomic E-state index is 12.9. The van der Waals surface area contributed by atoms with E-state index < -0.39 is 36.9 Å². The molecule has 1 aromatic rings. The Kier molecular flexibility index (Phi) is 15.1. The molecule has 1 aromatic carbocycles. The molecule has 0 aliphatic heterocycles.